The molecule has 7 nitrogen and oxygen atoms in total. The van der Waals surface area contributed by atoms with Gasteiger partial charge in [-0.05, 0) is 39.7 Å². The zero-order chi connectivity index (χ0) is 19.0. The van der Waals surface area contributed by atoms with Gasteiger partial charge in [0.2, 0.25) is 0 Å². The lowest BCUT2D eigenvalue weighted by Gasteiger charge is -2.33. The number of hydrogen-bond acceptors (Lipinski definition) is 5. The molecule has 0 N–H and O–H groups in total. The molecule has 1 aliphatic carbocycles. The number of carbonyl (C=O) groups is 1. The van der Waals surface area contributed by atoms with Gasteiger partial charge in [-0.2, -0.15) is 5.10 Å². The van der Waals surface area contributed by atoms with Crippen molar-refractivity contribution < 1.29 is 9.53 Å². The van der Waals surface area contributed by atoms with Gasteiger partial charge >= 0.3 is 6.09 Å². The Morgan fingerprint density at radius 1 is 1.22 bits per heavy atom. The molecule has 0 unspecified atom stereocenters. The zero-order valence-corrected chi connectivity index (χ0v) is 16.1. The molecule has 0 saturated carbocycles. The number of fused-ring (bicyclic) bond motifs is 1. The van der Waals surface area contributed by atoms with E-state index in [2.05, 4.69) is 21.1 Å². The monoisotopic (exact) mass is 367 g/mol. The van der Waals surface area contributed by atoms with Crippen LogP contribution in [0.5, 0.6) is 0 Å². The Morgan fingerprint density at radius 2 is 2.00 bits per heavy atom. The molecule has 2 aliphatic rings. The molecule has 4 rings (SSSR count). The van der Waals surface area contributed by atoms with Crippen LogP contribution in [0.25, 0.3) is 17.3 Å². The van der Waals surface area contributed by atoms with Crippen molar-refractivity contribution in [3.8, 4) is 11.3 Å². The van der Waals surface area contributed by atoms with Crippen LogP contribution in [0, 0.1) is 0 Å². The number of nitrogens with zero attached hydrogens (tertiary/aromatic N) is 5. The first kappa shape index (κ1) is 17.7. The predicted molar refractivity (Wildman–Crippen MR) is 102 cm³/mol. The van der Waals surface area contributed by atoms with E-state index in [-0.39, 0.29) is 12.1 Å². The molecule has 0 bridgehead atoms. The number of piperidine rings is 1. The highest BCUT2D eigenvalue weighted by molar-refractivity contribution is 5.68. The van der Waals surface area contributed by atoms with Crippen LogP contribution in [0.4, 0.5) is 4.79 Å². The summed E-state index contributed by atoms with van der Waals surface area (Å²) >= 11 is 0. The highest BCUT2D eigenvalue weighted by Crippen LogP contribution is 2.26. The van der Waals surface area contributed by atoms with E-state index < -0.39 is 5.60 Å². The van der Waals surface area contributed by atoms with Gasteiger partial charge in [0.1, 0.15) is 5.60 Å². The number of rotatable bonds is 2. The second kappa shape index (κ2) is 6.79. The van der Waals surface area contributed by atoms with Gasteiger partial charge in [0.25, 0.3) is 0 Å². The van der Waals surface area contributed by atoms with Gasteiger partial charge in [-0.15, -0.1) is 0 Å². The first-order chi connectivity index (χ1) is 12.9. The van der Waals surface area contributed by atoms with Crippen LogP contribution in [-0.4, -0.2) is 49.4 Å². The second-order valence-corrected chi connectivity index (χ2v) is 8.10. The summed E-state index contributed by atoms with van der Waals surface area (Å²) in [6, 6.07) is 0.278. The van der Waals surface area contributed by atoms with E-state index in [9.17, 15) is 4.79 Å². The number of carbonyl (C=O) groups excluding carboxylic acids is 1. The second-order valence-electron chi connectivity index (χ2n) is 8.10. The van der Waals surface area contributed by atoms with E-state index in [0.717, 1.165) is 41.9 Å². The number of ether oxygens (including phenoxy) is 1. The van der Waals surface area contributed by atoms with Gasteiger partial charge in [0.05, 0.1) is 35.5 Å². The van der Waals surface area contributed by atoms with Crippen molar-refractivity contribution in [3.63, 3.8) is 0 Å². The van der Waals surface area contributed by atoms with Gasteiger partial charge in [-0.1, -0.05) is 6.08 Å². The fourth-order valence-electron chi connectivity index (χ4n) is 3.45. The summed E-state index contributed by atoms with van der Waals surface area (Å²) in [7, 11) is 0. The Balaban J connectivity index is 1.40. The number of hydrogen-bond donors (Lipinski definition) is 0. The summed E-state index contributed by atoms with van der Waals surface area (Å²) in [5.41, 5.74) is 3.33. The third-order valence-corrected chi connectivity index (χ3v) is 4.85. The maximum Gasteiger partial charge on any atom is 0.410 e. The largest absolute Gasteiger partial charge is 0.444 e. The van der Waals surface area contributed by atoms with Crippen LogP contribution >= 0.6 is 0 Å². The van der Waals surface area contributed by atoms with Crippen molar-refractivity contribution >= 4 is 12.2 Å². The molecule has 1 fully saturated rings. The maximum atomic E-state index is 12.2. The SMILES string of the molecule is CC(C)(C)OC(=O)N1CCC(n2cc(-c3cnc4c(n3)C=CC4)cn2)CC1. The Kier molecular flexibility index (Phi) is 4.45. The van der Waals surface area contributed by atoms with Crippen molar-refractivity contribution in [3.05, 3.63) is 36.1 Å². The molecule has 1 aliphatic heterocycles. The Hall–Kier alpha value is -2.70. The highest BCUT2D eigenvalue weighted by atomic mass is 16.6. The first-order valence-electron chi connectivity index (χ1n) is 9.44. The molecule has 27 heavy (non-hydrogen) atoms. The standard InChI is InChI=1S/C20H25N5O2/c1-20(2,3)27-19(26)24-9-7-15(8-10-24)25-13-14(11-22-25)18-12-21-16-5-4-6-17(16)23-18/h4,6,11-13,15H,5,7-10H2,1-3H3. The minimum absolute atomic E-state index is 0.233. The maximum absolute atomic E-state index is 12.2. The fourth-order valence-corrected chi connectivity index (χ4v) is 3.45. The molecule has 7 heteroatoms. The molecular weight excluding hydrogens is 342 g/mol. The van der Waals surface area contributed by atoms with Crippen molar-refractivity contribution in [1.29, 1.82) is 0 Å². The van der Waals surface area contributed by atoms with Crippen LogP contribution < -0.4 is 0 Å². The van der Waals surface area contributed by atoms with Crippen LogP contribution in [0.1, 0.15) is 51.0 Å². The smallest absolute Gasteiger partial charge is 0.410 e. The summed E-state index contributed by atoms with van der Waals surface area (Å²) in [5.74, 6) is 0. The first-order valence-corrected chi connectivity index (χ1v) is 9.44. The predicted octanol–water partition coefficient (Wildman–Crippen LogP) is 3.48. The zero-order valence-electron chi connectivity index (χ0n) is 16.1. The normalized spacial score (nSPS) is 17.2. The highest BCUT2D eigenvalue weighted by Gasteiger charge is 2.28. The molecule has 0 radical (unpaired) electrons. The quantitative estimate of drug-likeness (QED) is 0.812. The Labute approximate surface area is 159 Å². The van der Waals surface area contributed by atoms with Crippen molar-refractivity contribution in [1.82, 2.24) is 24.6 Å². The summed E-state index contributed by atoms with van der Waals surface area (Å²) in [4.78, 5) is 23.2. The molecule has 1 saturated heterocycles. The molecule has 1 amide bonds. The van der Waals surface area contributed by atoms with Crippen LogP contribution in [0.15, 0.2) is 24.7 Å². The number of allylic oxidation sites excluding steroid dienone is 1. The van der Waals surface area contributed by atoms with Crippen molar-refractivity contribution in [2.45, 2.75) is 51.7 Å². The summed E-state index contributed by atoms with van der Waals surface area (Å²) in [6.07, 6.45) is 12.1. The van der Waals surface area contributed by atoms with E-state index >= 15 is 0 Å². The summed E-state index contributed by atoms with van der Waals surface area (Å²) in [6.45, 7) is 7.03. The lowest BCUT2D eigenvalue weighted by Crippen LogP contribution is -2.42. The number of amides is 1. The lowest BCUT2D eigenvalue weighted by atomic mass is 10.1. The molecule has 0 atom stereocenters. The molecule has 3 heterocycles. The third kappa shape index (κ3) is 3.86. The van der Waals surface area contributed by atoms with E-state index in [1.807, 2.05) is 50.1 Å². The average molecular weight is 367 g/mol. The number of aromatic nitrogens is 4. The number of likely N-dealkylation sites (tertiary alicyclic amines) is 1. The summed E-state index contributed by atoms with van der Waals surface area (Å²) in [5, 5.41) is 4.54. The lowest BCUT2D eigenvalue weighted by molar-refractivity contribution is 0.0185. The van der Waals surface area contributed by atoms with E-state index in [0.29, 0.717) is 13.1 Å². The van der Waals surface area contributed by atoms with E-state index in [1.54, 1.807) is 4.90 Å². The Morgan fingerprint density at radius 3 is 2.74 bits per heavy atom. The van der Waals surface area contributed by atoms with Crippen LogP contribution in [0.2, 0.25) is 0 Å². The van der Waals surface area contributed by atoms with Gasteiger partial charge in [-0.25, -0.2) is 9.78 Å². The van der Waals surface area contributed by atoms with Gasteiger partial charge in [-0.3, -0.25) is 9.67 Å². The molecule has 2 aromatic rings. The average Bonchev–Trinajstić information content (AvgIpc) is 3.29. The summed E-state index contributed by atoms with van der Waals surface area (Å²) < 4.78 is 7.45. The molecule has 142 valence electrons. The topological polar surface area (TPSA) is 73.1 Å². The Bertz CT molecular complexity index is 873. The van der Waals surface area contributed by atoms with Crippen LogP contribution in [-0.2, 0) is 11.2 Å². The molecule has 2 aromatic heterocycles. The third-order valence-electron chi connectivity index (χ3n) is 4.85. The van der Waals surface area contributed by atoms with Gasteiger partial charge in [0.15, 0.2) is 0 Å². The van der Waals surface area contributed by atoms with Gasteiger partial charge < -0.3 is 9.64 Å². The molecule has 0 aromatic carbocycles. The van der Waals surface area contributed by atoms with Gasteiger partial charge in [0, 0.05) is 31.3 Å². The van der Waals surface area contributed by atoms with Crippen molar-refractivity contribution in [2.24, 2.45) is 0 Å². The fraction of sp³-hybridized carbons (Fsp3) is 0.500. The van der Waals surface area contributed by atoms with Crippen molar-refractivity contribution in [2.75, 3.05) is 13.1 Å². The minimum Gasteiger partial charge on any atom is -0.444 e. The van der Waals surface area contributed by atoms with E-state index in [4.69, 9.17) is 4.74 Å². The molecular formula is C20H25N5O2. The molecule has 0 spiro atoms. The minimum atomic E-state index is -0.461. The van der Waals surface area contributed by atoms with E-state index in [1.165, 1.54) is 0 Å². The van der Waals surface area contributed by atoms with Crippen LogP contribution in [0.3, 0.4) is 0 Å².